The molecule has 0 bridgehead atoms. The Kier molecular flexibility index (Phi) is 2.92. The van der Waals surface area contributed by atoms with E-state index in [0.717, 1.165) is 11.3 Å². The number of rotatable bonds is 2. The molecule has 0 aliphatic carbocycles. The number of benzene rings is 1. The molecule has 0 aliphatic heterocycles. The SMILES string of the molecule is Cc1ccc(Nc2cc(N)ncn2)c(Cl)c1. The Morgan fingerprint density at radius 3 is 2.75 bits per heavy atom. The van der Waals surface area contributed by atoms with Crippen LogP contribution in [0.25, 0.3) is 0 Å². The van der Waals surface area contributed by atoms with Gasteiger partial charge in [0, 0.05) is 6.07 Å². The molecule has 0 saturated heterocycles. The number of aryl methyl sites for hydroxylation is 1. The van der Waals surface area contributed by atoms with Gasteiger partial charge in [-0.05, 0) is 24.6 Å². The van der Waals surface area contributed by atoms with Crippen molar-refractivity contribution < 1.29 is 0 Å². The van der Waals surface area contributed by atoms with Crippen molar-refractivity contribution in [2.75, 3.05) is 11.1 Å². The van der Waals surface area contributed by atoms with Gasteiger partial charge in [-0.15, -0.1) is 0 Å². The quantitative estimate of drug-likeness (QED) is 0.839. The van der Waals surface area contributed by atoms with E-state index < -0.39 is 0 Å². The minimum absolute atomic E-state index is 0.417. The number of hydrogen-bond donors (Lipinski definition) is 2. The van der Waals surface area contributed by atoms with E-state index in [0.29, 0.717) is 16.7 Å². The molecule has 4 nitrogen and oxygen atoms in total. The zero-order valence-electron chi connectivity index (χ0n) is 8.74. The molecule has 3 N–H and O–H groups in total. The number of nitrogens with one attached hydrogen (secondary N) is 1. The Labute approximate surface area is 98.5 Å². The van der Waals surface area contributed by atoms with Gasteiger partial charge in [0.25, 0.3) is 0 Å². The second-order valence-corrected chi connectivity index (χ2v) is 3.84. The Balaban J connectivity index is 2.27. The molecule has 1 aromatic heterocycles. The maximum Gasteiger partial charge on any atom is 0.135 e. The molecule has 2 aromatic rings. The first-order chi connectivity index (χ1) is 7.65. The van der Waals surface area contributed by atoms with Crippen LogP contribution in [0.3, 0.4) is 0 Å². The van der Waals surface area contributed by atoms with E-state index in [1.54, 1.807) is 6.07 Å². The molecule has 0 saturated carbocycles. The number of aromatic nitrogens is 2. The van der Waals surface area contributed by atoms with E-state index in [9.17, 15) is 0 Å². The first kappa shape index (κ1) is 10.7. The van der Waals surface area contributed by atoms with Gasteiger partial charge in [0.05, 0.1) is 10.7 Å². The van der Waals surface area contributed by atoms with Crippen molar-refractivity contribution in [1.29, 1.82) is 0 Å². The van der Waals surface area contributed by atoms with E-state index in [1.165, 1.54) is 6.33 Å². The summed E-state index contributed by atoms with van der Waals surface area (Å²) in [4.78, 5) is 7.85. The van der Waals surface area contributed by atoms with Crippen LogP contribution in [0.5, 0.6) is 0 Å². The lowest BCUT2D eigenvalue weighted by Crippen LogP contribution is -1.97. The van der Waals surface area contributed by atoms with E-state index in [2.05, 4.69) is 15.3 Å². The maximum absolute atomic E-state index is 6.08. The zero-order valence-corrected chi connectivity index (χ0v) is 9.49. The summed E-state index contributed by atoms with van der Waals surface area (Å²) in [5, 5.41) is 3.73. The van der Waals surface area contributed by atoms with Crippen molar-refractivity contribution in [3.8, 4) is 0 Å². The fourth-order valence-corrected chi connectivity index (χ4v) is 1.58. The van der Waals surface area contributed by atoms with Crippen LogP contribution < -0.4 is 11.1 Å². The molecule has 0 amide bonds. The summed E-state index contributed by atoms with van der Waals surface area (Å²) in [6.07, 6.45) is 1.40. The number of hydrogen-bond acceptors (Lipinski definition) is 4. The first-order valence-corrected chi connectivity index (χ1v) is 5.13. The summed E-state index contributed by atoms with van der Waals surface area (Å²) in [7, 11) is 0. The van der Waals surface area contributed by atoms with Gasteiger partial charge in [0.1, 0.15) is 18.0 Å². The van der Waals surface area contributed by atoms with Crippen molar-refractivity contribution in [2.24, 2.45) is 0 Å². The largest absolute Gasteiger partial charge is 0.384 e. The van der Waals surface area contributed by atoms with Gasteiger partial charge in [-0.3, -0.25) is 0 Å². The number of nitrogens with zero attached hydrogens (tertiary/aromatic N) is 2. The molecule has 0 atom stereocenters. The van der Waals surface area contributed by atoms with Gasteiger partial charge in [-0.25, -0.2) is 9.97 Å². The van der Waals surface area contributed by atoms with Gasteiger partial charge in [0.2, 0.25) is 0 Å². The summed E-state index contributed by atoms with van der Waals surface area (Å²) < 4.78 is 0. The maximum atomic E-state index is 6.08. The van der Waals surface area contributed by atoms with Crippen molar-refractivity contribution in [1.82, 2.24) is 9.97 Å². The predicted molar refractivity (Wildman–Crippen MR) is 65.9 cm³/mol. The van der Waals surface area contributed by atoms with Crippen LogP contribution in [0.4, 0.5) is 17.3 Å². The summed E-state index contributed by atoms with van der Waals surface area (Å²) in [5.41, 5.74) is 7.46. The molecule has 1 heterocycles. The predicted octanol–water partition coefficient (Wildman–Crippen LogP) is 2.76. The van der Waals surface area contributed by atoms with Gasteiger partial charge in [0.15, 0.2) is 0 Å². The lowest BCUT2D eigenvalue weighted by molar-refractivity contribution is 1.18. The highest BCUT2D eigenvalue weighted by atomic mass is 35.5. The van der Waals surface area contributed by atoms with Crippen LogP contribution in [0, 0.1) is 6.92 Å². The van der Waals surface area contributed by atoms with Gasteiger partial charge >= 0.3 is 0 Å². The third kappa shape index (κ3) is 2.41. The number of halogens is 1. The van der Waals surface area contributed by atoms with Crippen LogP contribution in [0.2, 0.25) is 5.02 Å². The summed E-state index contributed by atoms with van der Waals surface area (Å²) in [6, 6.07) is 7.40. The highest BCUT2D eigenvalue weighted by Crippen LogP contribution is 2.25. The molecule has 16 heavy (non-hydrogen) atoms. The first-order valence-electron chi connectivity index (χ1n) is 4.76. The standard InChI is InChI=1S/C11H11ClN4/c1-7-2-3-9(8(12)4-7)16-11-5-10(13)14-6-15-11/h2-6H,1H3,(H3,13,14,15,16). The van der Waals surface area contributed by atoms with Crippen molar-refractivity contribution in [3.05, 3.63) is 41.2 Å². The van der Waals surface area contributed by atoms with E-state index in [1.807, 2.05) is 25.1 Å². The van der Waals surface area contributed by atoms with E-state index >= 15 is 0 Å². The average Bonchev–Trinajstić information content (AvgIpc) is 2.22. The monoisotopic (exact) mass is 234 g/mol. The minimum Gasteiger partial charge on any atom is -0.384 e. The molecule has 0 aliphatic rings. The normalized spacial score (nSPS) is 10.1. The van der Waals surface area contributed by atoms with Gasteiger partial charge < -0.3 is 11.1 Å². The molecule has 0 radical (unpaired) electrons. The molecule has 82 valence electrons. The molecular formula is C11H11ClN4. The van der Waals surface area contributed by atoms with Gasteiger partial charge in [-0.2, -0.15) is 0 Å². The molecule has 5 heteroatoms. The highest BCUT2D eigenvalue weighted by Gasteiger charge is 2.02. The lowest BCUT2D eigenvalue weighted by atomic mass is 10.2. The van der Waals surface area contributed by atoms with Gasteiger partial charge in [-0.1, -0.05) is 17.7 Å². The molecule has 0 unspecified atom stereocenters. The van der Waals surface area contributed by atoms with Crippen molar-refractivity contribution in [2.45, 2.75) is 6.92 Å². The fraction of sp³-hybridized carbons (Fsp3) is 0.0909. The highest BCUT2D eigenvalue weighted by molar-refractivity contribution is 6.33. The number of anilines is 3. The van der Waals surface area contributed by atoms with Crippen molar-refractivity contribution in [3.63, 3.8) is 0 Å². The molecule has 0 fully saturated rings. The smallest absolute Gasteiger partial charge is 0.135 e. The minimum atomic E-state index is 0.417. The third-order valence-electron chi connectivity index (χ3n) is 2.08. The molecule has 2 rings (SSSR count). The zero-order chi connectivity index (χ0) is 11.5. The van der Waals surface area contributed by atoms with E-state index in [4.69, 9.17) is 17.3 Å². The van der Waals surface area contributed by atoms with Crippen LogP contribution in [-0.2, 0) is 0 Å². The van der Waals surface area contributed by atoms with Crippen LogP contribution in [0.15, 0.2) is 30.6 Å². The Hall–Kier alpha value is -1.81. The molecular weight excluding hydrogens is 224 g/mol. The summed E-state index contributed by atoms with van der Waals surface area (Å²) >= 11 is 6.08. The van der Waals surface area contributed by atoms with Crippen LogP contribution >= 0.6 is 11.6 Å². The second-order valence-electron chi connectivity index (χ2n) is 3.44. The summed E-state index contributed by atoms with van der Waals surface area (Å²) in [5.74, 6) is 1.04. The third-order valence-corrected chi connectivity index (χ3v) is 2.39. The fourth-order valence-electron chi connectivity index (χ4n) is 1.30. The van der Waals surface area contributed by atoms with Crippen LogP contribution in [-0.4, -0.2) is 9.97 Å². The average molecular weight is 235 g/mol. The number of nitrogens with two attached hydrogens (primary N) is 1. The van der Waals surface area contributed by atoms with Crippen LogP contribution in [0.1, 0.15) is 5.56 Å². The lowest BCUT2D eigenvalue weighted by Gasteiger charge is -2.08. The van der Waals surface area contributed by atoms with E-state index in [-0.39, 0.29) is 0 Å². The Morgan fingerprint density at radius 2 is 2.06 bits per heavy atom. The Morgan fingerprint density at radius 1 is 1.25 bits per heavy atom. The summed E-state index contributed by atoms with van der Waals surface area (Å²) in [6.45, 7) is 1.98. The Bertz CT molecular complexity index is 513. The molecule has 0 spiro atoms. The topological polar surface area (TPSA) is 63.8 Å². The van der Waals surface area contributed by atoms with Crippen molar-refractivity contribution >= 4 is 28.9 Å². The second kappa shape index (κ2) is 4.37. The molecule has 1 aromatic carbocycles. The number of nitrogen functional groups attached to an aromatic ring is 1.